The monoisotopic (exact) mass is 273 g/mol. The minimum atomic E-state index is 0.132. The average molecular weight is 274 g/mol. The van der Waals surface area contributed by atoms with Gasteiger partial charge in [-0.05, 0) is 54.7 Å². The fraction of sp³-hybridized carbons (Fsp3) is 0.438. The summed E-state index contributed by atoms with van der Waals surface area (Å²) in [6.45, 7) is 2.14. The van der Waals surface area contributed by atoms with Crippen molar-refractivity contribution in [1.82, 2.24) is 4.57 Å². The van der Waals surface area contributed by atoms with Gasteiger partial charge in [-0.1, -0.05) is 24.6 Å². The van der Waals surface area contributed by atoms with Crippen molar-refractivity contribution >= 4 is 22.4 Å². The van der Waals surface area contributed by atoms with E-state index in [1.807, 2.05) is 22.8 Å². The van der Waals surface area contributed by atoms with E-state index in [9.17, 15) is 4.79 Å². The van der Waals surface area contributed by atoms with Gasteiger partial charge in [0.25, 0.3) is 5.56 Å². The molecule has 19 heavy (non-hydrogen) atoms. The molecule has 3 aliphatic carbocycles. The first-order valence-electron chi connectivity index (χ1n) is 6.97. The van der Waals surface area contributed by atoms with E-state index in [4.69, 9.17) is 11.6 Å². The first-order chi connectivity index (χ1) is 9.13. The molecule has 98 valence electrons. The van der Waals surface area contributed by atoms with Crippen LogP contribution in [0.3, 0.4) is 0 Å². The lowest BCUT2D eigenvalue weighted by molar-refractivity contribution is -0.0911. The lowest BCUT2D eigenvalue weighted by Gasteiger charge is -2.62. The van der Waals surface area contributed by atoms with E-state index in [2.05, 4.69) is 13.1 Å². The highest BCUT2D eigenvalue weighted by Gasteiger charge is 2.58. The molecule has 0 atom stereocenters. The number of fused-ring (bicyclic) bond motifs is 1. The van der Waals surface area contributed by atoms with Crippen molar-refractivity contribution in [3.63, 3.8) is 0 Å². The first-order valence-corrected chi connectivity index (χ1v) is 7.35. The van der Waals surface area contributed by atoms with Crippen molar-refractivity contribution in [3.05, 3.63) is 45.3 Å². The molecule has 1 heterocycles. The van der Waals surface area contributed by atoms with E-state index in [0.717, 1.165) is 23.1 Å². The minimum Gasteiger partial charge on any atom is -0.309 e. The van der Waals surface area contributed by atoms with Gasteiger partial charge in [0, 0.05) is 22.1 Å². The lowest BCUT2D eigenvalue weighted by atomic mass is 9.49. The first kappa shape index (κ1) is 11.5. The molecule has 2 bridgehead atoms. The van der Waals surface area contributed by atoms with Crippen molar-refractivity contribution in [2.45, 2.75) is 38.1 Å². The van der Waals surface area contributed by atoms with Crippen molar-refractivity contribution in [3.8, 4) is 0 Å². The predicted octanol–water partition coefficient (Wildman–Crippen LogP) is 3.73. The molecule has 0 amide bonds. The van der Waals surface area contributed by atoms with E-state index < -0.39 is 0 Å². The number of benzene rings is 1. The van der Waals surface area contributed by atoms with Crippen molar-refractivity contribution < 1.29 is 0 Å². The maximum atomic E-state index is 12.7. The van der Waals surface area contributed by atoms with Crippen molar-refractivity contribution in [1.29, 1.82) is 0 Å². The molecule has 0 aliphatic heterocycles. The Morgan fingerprint density at radius 1 is 1.32 bits per heavy atom. The van der Waals surface area contributed by atoms with Gasteiger partial charge in [0.05, 0.1) is 0 Å². The summed E-state index contributed by atoms with van der Waals surface area (Å²) in [6, 6.07) is 5.67. The second kappa shape index (κ2) is 3.63. The van der Waals surface area contributed by atoms with Crippen LogP contribution in [0.4, 0.5) is 0 Å². The number of aromatic nitrogens is 1. The van der Waals surface area contributed by atoms with Crippen LogP contribution in [0.15, 0.2) is 29.2 Å². The summed E-state index contributed by atoms with van der Waals surface area (Å²) in [6.07, 6.45) is 6.58. The van der Waals surface area contributed by atoms with Gasteiger partial charge in [0.2, 0.25) is 0 Å². The molecule has 0 radical (unpaired) electrons. The number of hydrogen-bond donors (Lipinski definition) is 0. The molecule has 3 saturated carbocycles. The van der Waals surface area contributed by atoms with E-state index in [0.29, 0.717) is 5.02 Å². The number of hydrogen-bond acceptors (Lipinski definition) is 1. The lowest BCUT2D eigenvalue weighted by Crippen LogP contribution is -2.62. The number of halogens is 1. The highest BCUT2D eigenvalue weighted by atomic mass is 35.5. The van der Waals surface area contributed by atoms with Crippen LogP contribution in [0.1, 0.15) is 31.7 Å². The third-order valence-electron chi connectivity index (χ3n) is 4.96. The van der Waals surface area contributed by atoms with E-state index in [1.54, 1.807) is 0 Å². The Hall–Kier alpha value is -1.28. The van der Waals surface area contributed by atoms with Crippen LogP contribution < -0.4 is 5.56 Å². The van der Waals surface area contributed by atoms with Gasteiger partial charge in [-0.2, -0.15) is 0 Å². The summed E-state index contributed by atoms with van der Waals surface area (Å²) in [4.78, 5) is 12.7. The van der Waals surface area contributed by atoms with Gasteiger partial charge in [-0.3, -0.25) is 4.79 Å². The molecule has 0 spiro atoms. The summed E-state index contributed by atoms with van der Waals surface area (Å²) >= 11 is 6.06. The second-order valence-electron chi connectivity index (χ2n) is 6.08. The van der Waals surface area contributed by atoms with Crippen molar-refractivity contribution in [2.75, 3.05) is 0 Å². The number of aryl methyl sites for hydroxylation is 1. The van der Waals surface area contributed by atoms with E-state index in [1.165, 1.54) is 24.8 Å². The van der Waals surface area contributed by atoms with Gasteiger partial charge >= 0.3 is 0 Å². The minimum absolute atomic E-state index is 0.132. The Kier molecular flexibility index (Phi) is 2.21. The zero-order chi connectivity index (χ0) is 13.2. The summed E-state index contributed by atoms with van der Waals surface area (Å²) in [7, 11) is 0. The molecule has 0 N–H and O–H groups in total. The van der Waals surface area contributed by atoms with Crippen LogP contribution in [-0.2, 0) is 12.0 Å². The van der Waals surface area contributed by atoms with Gasteiger partial charge in [0.15, 0.2) is 0 Å². The Morgan fingerprint density at radius 2 is 2.05 bits per heavy atom. The fourth-order valence-corrected chi connectivity index (χ4v) is 3.92. The topological polar surface area (TPSA) is 22.0 Å². The highest BCUT2D eigenvalue weighted by Crippen LogP contribution is 2.61. The highest BCUT2D eigenvalue weighted by molar-refractivity contribution is 6.31. The van der Waals surface area contributed by atoms with Gasteiger partial charge < -0.3 is 4.57 Å². The Bertz CT molecular complexity index is 729. The molecule has 1 aromatic carbocycles. The SMILES string of the molecule is CCc1cn(C23CC(C2)C3)c(=O)c2cc(Cl)ccc12. The quantitative estimate of drug-likeness (QED) is 0.817. The average Bonchev–Trinajstić information content (AvgIpc) is 2.29. The number of rotatable bonds is 2. The van der Waals surface area contributed by atoms with Gasteiger partial charge in [-0.25, -0.2) is 0 Å². The molecule has 3 aliphatic rings. The van der Waals surface area contributed by atoms with Crippen LogP contribution in [0.2, 0.25) is 5.02 Å². The summed E-state index contributed by atoms with van der Waals surface area (Å²) in [5, 5.41) is 2.47. The normalized spacial score (nSPS) is 28.0. The fourth-order valence-electron chi connectivity index (χ4n) is 3.75. The van der Waals surface area contributed by atoms with Crippen LogP contribution in [0.25, 0.3) is 10.8 Å². The zero-order valence-corrected chi connectivity index (χ0v) is 11.7. The Balaban J connectivity index is 2.04. The smallest absolute Gasteiger partial charge is 0.259 e. The third-order valence-corrected chi connectivity index (χ3v) is 5.19. The summed E-state index contributed by atoms with van der Waals surface area (Å²) in [5.41, 5.74) is 1.52. The zero-order valence-electron chi connectivity index (χ0n) is 10.9. The van der Waals surface area contributed by atoms with Crippen LogP contribution >= 0.6 is 11.6 Å². The third kappa shape index (κ3) is 1.41. The molecule has 0 saturated heterocycles. The predicted molar refractivity (Wildman–Crippen MR) is 77.9 cm³/mol. The van der Waals surface area contributed by atoms with E-state index in [-0.39, 0.29) is 11.1 Å². The molecule has 3 heteroatoms. The molecule has 2 nitrogen and oxygen atoms in total. The molecule has 5 rings (SSSR count). The number of nitrogens with zero attached hydrogens (tertiary/aromatic N) is 1. The second-order valence-corrected chi connectivity index (χ2v) is 6.51. The molecule has 0 unspecified atom stereocenters. The van der Waals surface area contributed by atoms with Gasteiger partial charge in [0.1, 0.15) is 0 Å². The summed E-state index contributed by atoms with van der Waals surface area (Å²) < 4.78 is 2.00. The van der Waals surface area contributed by atoms with Gasteiger partial charge in [-0.15, -0.1) is 0 Å². The molecular weight excluding hydrogens is 258 g/mol. The largest absolute Gasteiger partial charge is 0.309 e. The van der Waals surface area contributed by atoms with Crippen LogP contribution in [0.5, 0.6) is 0 Å². The molecule has 3 fully saturated rings. The Morgan fingerprint density at radius 3 is 2.63 bits per heavy atom. The summed E-state index contributed by atoms with van der Waals surface area (Å²) in [5.74, 6) is 0.868. The molecule has 1 aromatic heterocycles. The van der Waals surface area contributed by atoms with Crippen LogP contribution in [0, 0.1) is 5.92 Å². The molecule has 2 aromatic rings. The Labute approximate surface area is 117 Å². The standard InChI is InChI=1S/C16H16ClNO/c1-2-11-9-18(16-6-10(7-16)8-16)15(19)14-5-12(17)3-4-13(11)14/h3-5,9-10H,2,6-8H2,1H3. The maximum absolute atomic E-state index is 12.7. The van der Waals surface area contributed by atoms with E-state index >= 15 is 0 Å². The molecular formula is C16H16ClNO. The number of pyridine rings is 1. The maximum Gasteiger partial charge on any atom is 0.259 e. The van der Waals surface area contributed by atoms with Crippen LogP contribution in [-0.4, -0.2) is 4.57 Å². The van der Waals surface area contributed by atoms with Crippen molar-refractivity contribution in [2.24, 2.45) is 5.92 Å².